The molecule has 0 aliphatic heterocycles. The van der Waals surface area contributed by atoms with Gasteiger partial charge in [-0.2, -0.15) is 0 Å². The van der Waals surface area contributed by atoms with E-state index in [0.29, 0.717) is 6.42 Å². The summed E-state index contributed by atoms with van der Waals surface area (Å²) in [5.41, 5.74) is 5.15. The van der Waals surface area contributed by atoms with Crippen LogP contribution in [0.25, 0.3) is 0 Å². The third-order valence-electron chi connectivity index (χ3n) is 3.35. The average molecular weight is 319 g/mol. The SMILES string of the molecule is CCCCCCCCCS(=O)(=O)c1c(F)cc(N)cc1F. The van der Waals surface area contributed by atoms with Crippen molar-refractivity contribution in [3.05, 3.63) is 23.8 Å². The topological polar surface area (TPSA) is 60.2 Å². The van der Waals surface area contributed by atoms with Crippen molar-refractivity contribution >= 4 is 15.5 Å². The first-order valence-electron chi connectivity index (χ1n) is 7.35. The second-order valence-electron chi connectivity index (χ2n) is 5.25. The van der Waals surface area contributed by atoms with Gasteiger partial charge in [-0.1, -0.05) is 45.4 Å². The van der Waals surface area contributed by atoms with Gasteiger partial charge in [0.2, 0.25) is 0 Å². The van der Waals surface area contributed by atoms with Crippen LogP contribution in [0.2, 0.25) is 0 Å². The summed E-state index contributed by atoms with van der Waals surface area (Å²) in [5, 5.41) is 0. The zero-order valence-electron chi connectivity index (χ0n) is 12.4. The van der Waals surface area contributed by atoms with E-state index in [-0.39, 0.29) is 11.4 Å². The second kappa shape index (κ2) is 8.32. The minimum absolute atomic E-state index is 0.125. The van der Waals surface area contributed by atoms with Crippen molar-refractivity contribution in [3.63, 3.8) is 0 Å². The maximum absolute atomic E-state index is 13.6. The molecule has 0 amide bonds. The highest BCUT2D eigenvalue weighted by molar-refractivity contribution is 7.91. The van der Waals surface area contributed by atoms with Crippen LogP contribution in [-0.2, 0) is 9.84 Å². The Hall–Kier alpha value is -1.17. The molecule has 21 heavy (non-hydrogen) atoms. The first-order valence-corrected chi connectivity index (χ1v) is 9.01. The monoisotopic (exact) mass is 319 g/mol. The van der Waals surface area contributed by atoms with E-state index in [1.807, 2.05) is 0 Å². The molecule has 0 aliphatic carbocycles. The quantitative estimate of drug-likeness (QED) is 0.551. The first-order chi connectivity index (χ1) is 9.88. The van der Waals surface area contributed by atoms with Gasteiger partial charge >= 0.3 is 0 Å². The molecule has 0 saturated heterocycles. The summed E-state index contributed by atoms with van der Waals surface area (Å²) >= 11 is 0. The molecule has 0 unspecified atom stereocenters. The van der Waals surface area contributed by atoms with Gasteiger partial charge in [0.15, 0.2) is 9.84 Å². The molecular formula is C15H23F2NO2S. The molecule has 0 radical (unpaired) electrons. The van der Waals surface area contributed by atoms with Gasteiger partial charge in [-0.25, -0.2) is 17.2 Å². The number of unbranched alkanes of at least 4 members (excludes halogenated alkanes) is 6. The van der Waals surface area contributed by atoms with Crippen molar-refractivity contribution < 1.29 is 17.2 Å². The molecule has 0 bridgehead atoms. The number of hydrogen-bond donors (Lipinski definition) is 1. The molecule has 1 rings (SSSR count). The highest BCUT2D eigenvalue weighted by Crippen LogP contribution is 2.23. The maximum Gasteiger partial charge on any atom is 0.184 e. The smallest absolute Gasteiger partial charge is 0.184 e. The standard InChI is InChI=1S/C15H23F2NO2S/c1-2-3-4-5-6-7-8-9-21(19,20)15-13(16)10-12(18)11-14(15)17/h10-11H,2-9,18H2,1H3. The van der Waals surface area contributed by atoms with E-state index in [1.165, 1.54) is 6.42 Å². The van der Waals surface area contributed by atoms with Crippen LogP contribution >= 0.6 is 0 Å². The summed E-state index contributed by atoms with van der Waals surface area (Å²) in [5.74, 6) is -2.47. The Morgan fingerprint density at radius 1 is 0.952 bits per heavy atom. The molecule has 0 aromatic heterocycles. The van der Waals surface area contributed by atoms with Crippen molar-refractivity contribution in [1.82, 2.24) is 0 Å². The molecule has 0 saturated carbocycles. The Labute approximate surface area is 125 Å². The number of anilines is 1. The van der Waals surface area contributed by atoms with Crippen molar-refractivity contribution in [1.29, 1.82) is 0 Å². The van der Waals surface area contributed by atoms with Crippen molar-refractivity contribution in [2.75, 3.05) is 11.5 Å². The molecule has 0 spiro atoms. The summed E-state index contributed by atoms with van der Waals surface area (Å²) in [4.78, 5) is -0.859. The van der Waals surface area contributed by atoms with E-state index in [0.717, 1.165) is 44.2 Å². The Bertz CT molecular complexity index is 536. The number of nitrogens with two attached hydrogens (primary N) is 1. The number of halogens is 2. The number of rotatable bonds is 9. The van der Waals surface area contributed by atoms with E-state index < -0.39 is 26.4 Å². The Morgan fingerprint density at radius 2 is 1.43 bits per heavy atom. The van der Waals surface area contributed by atoms with E-state index >= 15 is 0 Å². The van der Waals surface area contributed by atoms with Gasteiger partial charge < -0.3 is 5.73 Å². The van der Waals surface area contributed by atoms with Crippen LogP contribution in [0, 0.1) is 11.6 Å². The summed E-state index contributed by atoms with van der Waals surface area (Å²) in [6, 6.07) is 1.67. The zero-order valence-corrected chi connectivity index (χ0v) is 13.2. The zero-order chi connectivity index (χ0) is 15.9. The summed E-state index contributed by atoms with van der Waals surface area (Å²) < 4.78 is 51.2. The molecular weight excluding hydrogens is 296 g/mol. The Balaban J connectivity index is 2.55. The van der Waals surface area contributed by atoms with Crippen LogP contribution < -0.4 is 5.73 Å². The highest BCUT2D eigenvalue weighted by atomic mass is 32.2. The van der Waals surface area contributed by atoms with E-state index in [9.17, 15) is 17.2 Å². The highest BCUT2D eigenvalue weighted by Gasteiger charge is 2.24. The third-order valence-corrected chi connectivity index (χ3v) is 5.19. The summed E-state index contributed by atoms with van der Waals surface area (Å²) in [7, 11) is -3.94. The number of sulfone groups is 1. The lowest BCUT2D eigenvalue weighted by Gasteiger charge is -2.08. The third kappa shape index (κ3) is 5.61. The molecule has 120 valence electrons. The predicted molar refractivity (Wildman–Crippen MR) is 80.8 cm³/mol. The van der Waals surface area contributed by atoms with Gasteiger partial charge in [0.25, 0.3) is 0 Å². The minimum atomic E-state index is -3.94. The van der Waals surface area contributed by atoms with Crippen molar-refractivity contribution in [3.8, 4) is 0 Å². The van der Waals surface area contributed by atoms with Crippen molar-refractivity contribution in [2.45, 2.75) is 56.8 Å². The van der Waals surface area contributed by atoms with Gasteiger partial charge in [0.05, 0.1) is 5.75 Å². The molecule has 1 aromatic rings. The number of hydrogen-bond acceptors (Lipinski definition) is 3. The fourth-order valence-electron chi connectivity index (χ4n) is 2.23. The van der Waals surface area contributed by atoms with Gasteiger partial charge in [-0.05, 0) is 18.6 Å². The Kier molecular flexibility index (Phi) is 7.08. The van der Waals surface area contributed by atoms with Crippen LogP contribution in [0.5, 0.6) is 0 Å². The van der Waals surface area contributed by atoms with Crippen LogP contribution in [0.15, 0.2) is 17.0 Å². The number of benzene rings is 1. The van der Waals surface area contributed by atoms with Gasteiger partial charge in [0.1, 0.15) is 16.5 Å². The molecule has 0 heterocycles. The van der Waals surface area contributed by atoms with Gasteiger partial charge in [-0.15, -0.1) is 0 Å². The lowest BCUT2D eigenvalue weighted by Crippen LogP contribution is -2.12. The van der Waals surface area contributed by atoms with E-state index in [2.05, 4.69) is 6.92 Å². The second-order valence-corrected chi connectivity index (χ2v) is 7.30. The van der Waals surface area contributed by atoms with Crippen LogP contribution in [0.4, 0.5) is 14.5 Å². The molecule has 1 aromatic carbocycles. The predicted octanol–water partition coefficient (Wildman–Crippen LogP) is 4.07. The fraction of sp³-hybridized carbons (Fsp3) is 0.600. The summed E-state index contributed by atoms with van der Waals surface area (Å²) in [6.45, 7) is 2.13. The molecule has 2 N–H and O–H groups in total. The largest absolute Gasteiger partial charge is 0.399 e. The molecule has 0 atom stereocenters. The number of nitrogen functional groups attached to an aromatic ring is 1. The average Bonchev–Trinajstić information content (AvgIpc) is 2.35. The maximum atomic E-state index is 13.6. The lowest BCUT2D eigenvalue weighted by atomic mass is 10.1. The normalized spacial score (nSPS) is 11.8. The van der Waals surface area contributed by atoms with Gasteiger partial charge in [0, 0.05) is 5.69 Å². The summed E-state index contributed by atoms with van der Waals surface area (Å²) in [6.07, 6.45) is 6.66. The minimum Gasteiger partial charge on any atom is -0.399 e. The van der Waals surface area contributed by atoms with Crippen LogP contribution in [-0.4, -0.2) is 14.2 Å². The van der Waals surface area contributed by atoms with E-state index in [4.69, 9.17) is 5.73 Å². The molecule has 6 heteroatoms. The van der Waals surface area contributed by atoms with Crippen LogP contribution in [0.1, 0.15) is 51.9 Å². The van der Waals surface area contributed by atoms with Crippen molar-refractivity contribution in [2.24, 2.45) is 0 Å². The molecule has 0 fully saturated rings. The lowest BCUT2D eigenvalue weighted by molar-refractivity contribution is 0.518. The fourth-order valence-corrected chi connectivity index (χ4v) is 3.73. The van der Waals surface area contributed by atoms with Crippen LogP contribution in [0.3, 0.4) is 0 Å². The van der Waals surface area contributed by atoms with E-state index in [1.54, 1.807) is 0 Å². The molecule has 3 nitrogen and oxygen atoms in total. The first kappa shape index (κ1) is 17.9. The molecule has 0 aliphatic rings. The Morgan fingerprint density at radius 3 is 1.95 bits per heavy atom. The van der Waals surface area contributed by atoms with Gasteiger partial charge in [-0.3, -0.25) is 0 Å².